The van der Waals surface area contributed by atoms with Crippen LogP contribution in [0.15, 0.2) is 24.3 Å². The molecule has 0 heterocycles. The monoisotopic (exact) mass is 156 g/mol. The maximum Gasteiger partial charge on any atom is 0.228 e. The third-order valence-electron chi connectivity index (χ3n) is 1.39. The zero-order chi connectivity index (χ0) is 8.27. The van der Waals surface area contributed by atoms with E-state index < -0.39 is 6.36 Å². The molecule has 1 aromatic rings. The van der Waals surface area contributed by atoms with Crippen LogP contribution in [-0.2, 0) is 4.74 Å². The van der Waals surface area contributed by atoms with Crippen molar-refractivity contribution in [2.75, 3.05) is 7.11 Å². The van der Waals surface area contributed by atoms with Crippen molar-refractivity contribution in [2.45, 2.75) is 6.36 Å². The van der Waals surface area contributed by atoms with Crippen LogP contribution in [0.3, 0.4) is 0 Å². The zero-order valence-corrected chi connectivity index (χ0v) is 6.12. The summed E-state index contributed by atoms with van der Waals surface area (Å²) >= 11 is 0. The summed E-state index contributed by atoms with van der Waals surface area (Å²) in [6.45, 7) is 0. The largest absolute Gasteiger partial charge is 0.507 e. The van der Waals surface area contributed by atoms with Crippen molar-refractivity contribution >= 4 is 0 Å². The van der Waals surface area contributed by atoms with Gasteiger partial charge in [0.2, 0.25) is 6.36 Å². The van der Waals surface area contributed by atoms with Gasteiger partial charge in [-0.3, -0.25) is 0 Å². The molecule has 1 unspecified atom stereocenters. The quantitative estimate of drug-likeness (QED) is 0.709. The van der Waals surface area contributed by atoms with E-state index in [1.165, 1.54) is 19.2 Å². The fourth-order valence-electron chi connectivity index (χ4n) is 0.806. The summed E-state index contributed by atoms with van der Waals surface area (Å²) in [7, 11) is 1.25. The number of para-hydroxylation sites is 1. The van der Waals surface area contributed by atoms with Crippen LogP contribution < -0.4 is 0 Å². The highest BCUT2D eigenvalue weighted by molar-refractivity contribution is 5.32. The Hall–Kier alpha value is -1.09. The lowest BCUT2D eigenvalue weighted by Gasteiger charge is -2.06. The summed E-state index contributed by atoms with van der Waals surface area (Å²) in [6, 6.07) is 6.16. The van der Waals surface area contributed by atoms with Crippen LogP contribution in [0.25, 0.3) is 0 Å². The molecule has 0 aliphatic carbocycles. The summed E-state index contributed by atoms with van der Waals surface area (Å²) in [5, 5.41) is 9.09. The van der Waals surface area contributed by atoms with Gasteiger partial charge in [0.05, 0.1) is 5.56 Å². The Kier molecular flexibility index (Phi) is 2.44. The van der Waals surface area contributed by atoms with E-state index in [2.05, 4.69) is 4.74 Å². The number of phenols is 1. The molecular formula is C8H9FO2. The molecule has 2 nitrogen and oxygen atoms in total. The summed E-state index contributed by atoms with van der Waals surface area (Å²) in [5.74, 6) is -0.0816. The van der Waals surface area contributed by atoms with Gasteiger partial charge in [0.1, 0.15) is 5.75 Å². The first-order valence-electron chi connectivity index (χ1n) is 3.20. The molecule has 3 heteroatoms. The minimum atomic E-state index is -1.55. The minimum absolute atomic E-state index is 0.0816. The van der Waals surface area contributed by atoms with E-state index in [4.69, 9.17) is 5.11 Å². The molecular weight excluding hydrogens is 147 g/mol. The third-order valence-corrected chi connectivity index (χ3v) is 1.39. The molecule has 1 aromatic carbocycles. The normalized spacial score (nSPS) is 12.9. The molecule has 0 bridgehead atoms. The van der Waals surface area contributed by atoms with E-state index in [0.717, 1.165) is 0 Å². The number of ether oxygens (including phenoxy) is 1. The van der Waals surface area contributed by atoms with Crippen LogP contribution in [0.4, 0.5) is 4.39 Å². The number of hydrogen-bond donors (Lipinski definition) is 1. The van der Waals surface area contributed by atoms with Gasteiger partial charge >= 0.3 is 0 Å². The number of hydrogen-bond acceptors (Lipinski definition) is 2. The van der Waals surface area contributed by atoms with Crippen molar-refractivity contribution in [2.24, 2.45) is 0 Å². The Morgan fingerprint density at radius 3 is 2.64 bits per heavy atom. The van der Waals surface area contributed by atoms with Gasteiger partial charge in [-0.25, -0.2) is 4.39 Å². The molecule has 1 rings (SSSR count). The highest BCUT2D eigenvalue weighted by Gasteiger charge is 2.10. The lowest BCUT2D eigenvalue weighted by atomic mass is 10.2. The fraction of sp³-hybridized carbons (Fsp3) is 0.250. The summed E-state index contributed by atoms with van der Waals surface area (Å²) in [4.78, 5) is 0. The first kappa shape index (κ1) is 8.01. The molecule has 60 valence electrons. The molecule has 11 heavy (non-hydrogen) atoms. The van der Waals surface area contributed by atoms with Crippen molar-refractivity contribution in [3.05, 3.63) is 29.8 Å². The highest BCUT2D eigenvalue weighted by Crippen LogP contribution is 2.26. The summed E-state index contributed by atoms with van der Waals surface area (Å²) < 4.78 is 17.1. The molecule has 0 saturated carbocycles. The average molecular weight is 156 g/mol. The van der Waals surface area contributed by atoms with Crippen LogP contribution in [0.2, 0.25) is 0 Å². The van der Waals surface area contributed by atoms with Crippen molar-refractivity contribution in [1.29, 1.82) is 0 Å². The molecule has 0 aromatic heterocycles. The Morgan fingerprint density at radius 2 is 2.09 bits per heavy atom. The average Bonchev–Trinajstić information content (AvgIpc) is 2.04. The van der Waals surface area contributed by atoms with Gasteiger partial charge in [0, 0.05) is 7.11 Å². The lowest BCUT2D eigenvalue weighted by molar-refractivity contribution is -0.00815. The predicted molar refractivity (Wildman–Crippen MR) is 39.0 cm³/mol. The van der Waals surface area contributed by atoms with Gasteiger partial charge in [-0.05, 0) is 12.1 Å². The van der Waals surface area contributed by atoms with Crippen LogP contribution in [0.1, 0.15) is 11.9 Å². The van der Waals surface area contributed by atoms with Crippen molar-refractivity contribution in [1.82, 2.24) is 0 Å². The van der Waals surface area contributed by atoms with Gasteiger partial charge in [-0.1, -0.05) is 12.1 Å². The maximum atomic E-state index is 12.7. The molecule has 0 aliphatic rings. The van der Waals surface area contributed by atoms with Gasteiger partial charge in [0.15, 0.2) is 0 Å². The van der Waals surface area contributed by atoms with E-state index >= 15 is 0 Å². The van der Waals surface area contributed by atoms with E-state index in [1.807, 2.05) is 0 Å². The SMILES string of the molecule is COC(F)c1ccccc1O. The molecule has 0 radical (unpaired) electrons. The Morgan fingerprint density at radius 1 is 1.45 bits per heavy atom. The minimum Gasteiger partial charge on any atom is -0.507 e. The second-order valence-corrected chi connectivity index (χ2v) is 2.11. The van der Waals surface area contributed by atoms with Gasteiger partial charge in [0.25, 0.3) is 0 Å². The van der Waals surface area contributed by atoms with E-state index in [9.17, 15) is 4.39 Å². The van der Waals surface area contributed by atoms with Gasteiger partial charge in [-0.15, -0.1) is 0 Å². The van der Waals surface area contributed by atoms with Crippen LogP contribution >= 0.6 is 0 Å². The Labute approximate surface area is 64.2 Å². The first-order chi connectivity index (χ1) is 5.25. The van der Waals surface area contributed by atoms with Crippen molar-refractivity contribution < 1.29 is 14.2 Å². The van der Waals surface area contributed by atoms with Crippen molar-refractivity contribution in [3.63, 3.8) is 0 Å². The van der Waals surface area contributed by atoms with Gasteiger partial charge < -0.3 is 9.84 Å². The molecule has 0 saturated heterocycles. The number of alkyl halides is 1. The van der Waals surface area contributed by atoms with Gasteiger partial charge in [-0.2, -0.15) is 0 Å². The van der Waals surface area contributed by atoms with E-state index in [1.54, 1.807) is 12.1 Å². The predicted octanol–water partition coefficient (Wildman–Crippen LogP) is 2.01. The van der Waals surface area contributed by atoms with E-state index in [-0.39, 0.29) is 11.3 Å². The fourth-order valence-corrected chi connectivity index (χ4v) is 0.806. The Balaban J connectivity index is 2.93. The number of halogens is 1. The van der Waals surface area contributed by atoms with Crippen LogP contribution in [-0.4, -0.2) is 12.2 Å². The first-order valence-corrected chi connectivity index (χ1v) is 3.20. The van der Waals surface area contributed by atoms with Crippen molar-refractivity contribution in [3.8, 4) is 5.75 Å². The zero-order valence-electron chi connectivity index (χ0n) is 6.12. The van der Waals surface area contributed by atoms with Crippen LogP contribution in [0, 0.1) is 0 Å². The number of benzene rings is 1. The second kappa shape index (κ2) is 3.34. The third kappa shape index (κ3) is 1.68. The molecule has 1 atom stereocenters. The molecule has 0 spiro atoms. The number of rotatable bonds is 2. The number of aromatic hydroxyl groups is 1. The molecule has 0 aliphatic heterocycles. The highest BCUT2D eigenvalue weighted by atomic mass is 19.1. The molecule has 1 N–H and O–H groups in total. The number of methoxy groups -OCH3 is 1. The number of phenolic OH excluding ortho intramolecular Hbond substituents is 1. The molecule has 0 fully saturated rings. The standard InChI is InChI=1S/C8H9FO2/c1-11-8(9)6-4-2-3-5-7(6)10/h2-5,8,10H,1H3. The second-order valence-electron chi connectivity index (χ2n) is 2.11. The summed E-state index contributed by atoms with van der Waals surface area (Å²) in [6.07, 6.45) is -1.55. The summed E-state index contributed by atoms with van der Waals surface area (Å²) in [5.41, 5.74) is 0.162. The maximum absolute atomic E-state index is 12.7. The lowest BCUT2D eigenvalue weighted by Crippen LogP contribution is -1.93. The van der Waals surface area contributed by atoms with E-state index in [0.29, 0.717) is 0 Å². The molecule has 0 amide bonds. The smallest absolute Gasteiger partial charge is 0.228 e. The topological polar surface area (TPSA) is 29.5 Å². The Bertz CT molecular complexity index is 237. The van der Waals surface area contributed by atoms with Crippen LogP contribution in [0.5, 0.6) is 5.75 Å².